The van der Waals surface area contributed by atoms with Gasteiger partial charge in [0.25, 0.3) is 0 Å². The Morgan fingerprint density at radius 2 is 1.84 bits per heavy atom. The van der Waals surface area contributed by atoms with Crippen molar-refractivity contribution in [1.29, 1.82) is 0 Å². The van der Waals surface area contributed by atoms with Crippen molar-refractivity contribution in [2.45, 2.75) is 39.2 Å². The molecule has 106 valence electrons. The molecule has 3 unspecified atom stereocenters. The fourth-order valence-electron chi connectivity index (χ4n) is 3.70. The minimum atomic E-state index is -0.197. The van der Waals surface area contributed by atoms with Crippen LogP contribution in [0.1, 0.15) is 44.7 Å². The lowest BCUT2D eigenvalue weighted by molar-refractivity contribution is 0.179. The van der Waals surface area contributed by atoms with Gasteiger partial charge in [-0.2, -0.15) is 0 Å². The third-order valence-electron chi connectivity index (χ3n) is 4.31. The van der Waals surface area contributed by atoms with Gasteiger partial charge in [-0.1, -0.05) is 31.5 Å². The largest absolute Gasteiger partial charge is 0.313 e. The van der Waals surface area contributed by atoms with E-state index in [-0.39, 0.29) is 11.9 Å². The van der Waals surface area contributed by atoms with E-state index in [9.17, 15) is 4.39 Å². The van der Waals surface area contributed by atoms with Crippen LogP contribution in [-0.4, -0.2) is 7.05 Å². The molecule has 1 fully saturated rings. The molecule has 19 heavy (non-hydrogen) atoms. The summed E-state index contributed by atoms with van der Waals surface area (Å²) in [6, 6.07) is 4.96. The summed E-state index contributed by atoms with van der Waals surface area (Å²) in [5.74, 6) is 1.67. The molecule has 1 saturated carbocycles. The fraction of sp³-hybridized carbons (Fsp3) is 0.625. The average Bonchev–Trinajstić information content (AvgIpc) is 2.32. The Hall–Kier alpha value is -0.600. The van der Waals surface area contributed by atoms with Gasteiger partial charge in [-0.25, -0.2) is 4.39 Å². The van der Waals surface area contributed by atoms with Gasteiger partial charge in [0.1, 0.15) is 5.82 Å². The summed E-state index contributed by atoms with van der Waals surface area (Å²) in [6.07, 6.45) is 3.55. The molecule has 0 aliphatic heterocycles. The molecule has 1 aromatic rings. The minimum Gasteiger partial charge on any atom is -0.313 e. The summed E-state index contributed by atoms with van der Waals surface area (Å²) in [5.41, 5.74) is 0.637. The molecule has 0 spiro atoms. The van der Waals surface area contributed by atoms with E-state index < -0.39 is 0 Å². The predicted molar refractivity (Wildman–Crippen MR) is 78.9 cm³/mol. The van der Waals surface area contributed by atoms with Crippen molar-refractivity contribution in [1.82, 2.24) is 5.32 Å². The van der Waals surface area contributed by atoms with E-state index in [0.717, 1.165) is 12.8 Å². The Labute approximate surface area is 120 Å². The van der Waals surface area contributed by atoms with Gasteiger partial charge >= 0.3 is 0 Å². The molecule has 1 N–H and O–H groups in total. The standard InChI is InChI=1S/C16H23ClFN/c1-10-7-11(2)9-12(8-10)16(19-3)15-13(17)5-4-6-14(15)18/h4-6,10-12,16,19H,7-9H2,1-3H3. The van der Waals surface area contributed by atoms with Crippen molar-refractivity contribution in [2.75, 3.05) is 7.05 Å². The van der Waals surface area contributed by atoms with E-state index in [1.54, 1.807) is 12.1 Å². The third kappa shape index (κ3) is 3.29. The van der Waals surface area contributed by atoms with Crippen LogP contribution in [0.15, 0.2) is 18.2 Å². The molecule has 1 aliphatic rings. The molecule has 0 radical (unpaired) electrons. The van der Waals surface area contributed by atoms with Crippen LogP contribution in [0, 0.1) is 23.6 Å². The van der Waals surface area contributed by atoms with Crippen molar-refractivity contribution in [3.63, 3.8) is 0 Å². The molecule has 0 heterocycles. The van der Waals surface area contributed by atoms with Gasteiger partial charge in [0, 0.05) is 16.6 Å². The van der Waals surface area contributed by atoms with Crippen LogP contribution in [-0.2, 0) is 0 Å². The van der Waals surface area contributed by atoms with E-state index in [2.05, 4.69) is 19.2 Å². The second kappa shape index (κ2) is 6.23. The maximum Gasteiger partial charge on any atom is 0.129 e. The summed E-state index contributed by atoms with van der Waals surface area (Å²) in [6.45, 7) is 4.58. The molecular weight excluding hydrogens is 261 g/mol. The van der Waals surface area contributed by atoms with Crippen LogP contribution in [0.25, 0.3) is 0 Å². The van der Waals surface area contributed by atoms with Gasteiger partial charge < -0.3 is 5.32 Å². The number of hydrogen-bond donors (Lipinski definition) is 1. The van der Waals surface area contributed by atoms with Crippen molar-refractivity contribution in [3.8, 4) is 0 Å². The highest BCUT2D eigenvalue weighted by Crippen LogP contribution is 2.41. The number of benzene rings is 1. The molecule has 3 heteroatoms. The van der Waals surface area contributed by atoms with Gasteiger partial charge in [0.05, 0.1) is 0 Å². The summed E-state index contributed by atoms with van der Waals surface area (Å²) in [5, 5.41) is 3.82. The number of halogens is 2. The van der Waals surface area contributed by atoms with Crippen molar-refractivity contribution in [3.05, 3.63) is 34.6 Å². The lowest BCUT2D eigenvalue weighted by Crippen LogP contribution is -2.32. The van der Waals surface area contributed by atoms with E-state index in [4.69, 9.17) is 11.6 Å². The number of rotatable bonds is 3. The quantitative estimate of drug-likeness (QED) is 0.839. The van der Waals surface area contributed by atoms with Crippen molar-refractivity contribution in [2.24, 2.45) is 17.8 Å². The molecule has 2 rings (SSSR count). The molecule has 3 atom stereocenters. The molecule has 1 aromatic carbocycles. The Bertz CT molecular complexity index is 405. The second-order valence-electron chi connectivity index (χ2n) is 6.08. The highest BCUT2D eigenvalue weighted by molar-refractivity contribution is 6.31. The molecular formula is C16H23ClFN. The lowest BCUT2D eigenvalue weighted by Gasteiger charge is -2.37. The summed E-state index contributed by atoms with van der Waals surface area (Å²) in [4.78, 5) is 0. The van der Waals surface area contributed by atoms with Crippen LogP contribution in [0.4, 0.5) is 4.39 Å². The van der Waals surface area contributed by atoms with Gasteiger partial charge in [-0.05, 0) is 56.2 Å². The maximum absolute atomic E-state index is 14.1. The maximum atomic E-state index is 14.1. The summed E-state index contributed by atoms with van der Waals surface area (Å²) >= 11 is 6.22. The Morgan fingerprint density at radius 1 is 1.21 bits per heavy atom. The zero-order valence-electron chi connectivity index (χ0n) is 11.9. The monoisotopic (exact) mass is 283 g/mol. The van der Waals surface area contributed by atoms with Crippen molar-refractivity contribution >= 4 is 11.6 Å². The Balaban J connectivity index is 2.29. The van der Waals surface area contributed by atoms with E-state index >= 15 is 0 Å². The SMILES string of the molecule is CNC(c1c(F)cccc1Cl)C1CC(C)CC(C)C1. The minimum absolute atomic E-state index is 0.0129. The van der Waals surface area contributed by atoms with Crippen LogP contribution in [0.3, 0.4) is 0 Å². The van der Waals surface area contributed by atoms with Crippen LogP contribution in [0.5, 0.6) is 0 Å². The van der Waals surface area contributed by atoms with Gasteiger partial charge in [-0.3, -0.25) is 0 Å². The topological polar surface area (TPSA) is 12.0 Å². The van der Waals surface area contributed by atoms with Crippen LogP contribution < -0.4 is 5.32 Å². The molecule has 1 nitrogen and oxygen atoms in total. The van der Waals surface area contributed by atoms with Crippen LogP contribution >= 0.6 is 11.6 Å². The predicted octanol–water partition coefficient (Wildman–Crippen LogP) is 4.81. The first-order chi connectivity index (χ1) is 9.02. The smallest absolute Gasteiger partial charge is 0.129 e. The first kappa shape index (κ1) is 14.8. The highest BCUT2D eigenvalue weighted by Gasteiger charge is 2.32. The molecule has 1 aliphatic carbocycles. The lowest BCUT2D eigenvalue weighted by atomic mass is 9.72. The summed E-state index contributed by atoms with van der Waals surface area (Å²) in [7, 11) is 1.90. The summed E-state index contributed by atoms with van der Waals surface area (Å²) < 4.78 is 14.1. The Morgan fingerprint density at radius 3 is 2.37 bits per heavy atom. The van der Waals surface area contributed by atoms with Gasteiger partial charge in [0.15, 0.2) is 0 Å². The molecule has 0 saturated heterocycles. The zero-order chi connectivity index (χ0) is 14.0. The highest BCUT2D eigenvalue weighted by atomic mass is 35.5. The fourth-order valence-corrected chi connectivity index (χ4v) is 3.99. The van der Waals surface area contributed by atoms with E-state index in [1.807, 2.05) is 7.05 Å². The number of nitrogens with one attached hydrogen (secondary N) is 1. The molecule has 0 amide bonds. The van der Waals surface area contributed by atoms with Crippen molar-refractivity contribution < 1.29 is 4.39 Å². The van der Waals surface area contributed by atoms with E-state index in [1.165, 1.54) is 12.5 Å². The van der Waals surface area contributed by atoms with Gasteiger partial charge in [0.2, 0.25) is 0 Å². The first-order valence-electron chi connectivity index (χ1n) is 7.14. The average molecular weight is 284 g/mol. The molecule has 0 aromatic heterocycles. The van der Waals surface area contributed by atoms with Crippen LogP contribution in [0.2, 0.25) is 5.02 Å². The van der Waals surface area contributed by atoms with E-state index in [0.29, 0.717) is 28.3 Å². The Kier molecular flexibility index (Phi) is 4.86. The number of hydrogen-bond acceptors (Lipinski definition) is 1. The molecule has 0 bridgehead atoms. The van der Waals surface area contributed by atoms with Gasteiger partial charge in [-0.15, -0.1) is 0 Å². The zero-order valence-corrected chi connectivity index (χ0v) is 12.7. The second-order valence-corrected chi connectivity index (χ2v) is 6.49. The first-order valence-corrected chi connectivity index (χ1v) is 7.51. The third-order valence-corrected chi connectivity index (χ3v) is 4.64. The normalized spacial score (nSPS) is 29.2.